The van der Waals surface area contributed by atoms with Gasteiger partial charge in [-0.15, -0.1) is 0 Å². The number of aromatic nitrogens is 3. The van der Waals surface area contributed by atoms with Crippen molar-refractivity contribution in [2.24, 2.45) is 5.41 Å². The standard InChI is InChI=1S/C22H24N4O/c1-15-4-6-17(7-5-15)26-20-13-22(2,3)12-19(18(20)14-24-26)25-21(27)16-8-10-23-11-9-16/h4-11,14,19H,12-13H2,1-3H3,(H,25,27)/t19-/m1/s1. The van der Waals surface area contributed by atoms with Crippen LogP contribution >= 0.6 is 0 Å². The molecule has 0 saturated heterocycles. The molecule has 0 radical (unpaired) electrons. The Bertz CT molecular complexity index is 958. The zero-order chi connectivity index (χ0) is 19.0. The summed E-state index contributed by atoms with van der Waals surface area (Å²) in [5, 5.41) is 7.85. The maximum Gasteiger partial charge on any atom is 0.251 e. The molecule has 1 aromatic carbocycles. The molecule has 0 bridgehead atoms. The van der Waals surface area contributed by atoms with E-state index in [9.17, 15) is 4.79 Å². The molecule has 138 valence electrons. The molecule has 27 heavy (non-hydrogen) atoms. The van der Waals surface area contributed by atoms with E-state index >= 15 is 0 Å². The first-order valence-electron chi connectivity index (χ1n) is 9.28. The molecule has 0 fully saturated rings. The lowest BCUT2D eigenvalue weighted by molar-refractivity contribution is 0.0919. The fraction of sp³-hybridized carbons (Fsp3) is 0.318. The zero-order valence-corrected chi connectivity index (χ0v) is 15.9. The number of amides is 1. The van der Waals surface area contributed by atoms with Crippen LogP contribution < -0.4 is 5.32 Å². The predicted molar refractivity (Wildman–Crippen MR) is 105 cm³/mol. The first-order chi connectivity index (χ1) is 12.9. The van der Waals surface area contributed by atoms with Gasteiger partial charge in [0.05, 0.1) is 23.6 Å². The Kier molecular flexibility index (Phi) is 4.30. The van der Waals surface area contributed by atoms with Crippen molar-refractivity contribution in [2.75, 3.05) is 0 Å². The van der Waals surface area contributed by atoms with Crippen LogP contribution in [0.25, 0.3) is 5.69 Å². The molecule has 1 aliphatic rings. The average Bonchev–Trinajstić information content (AvgIpc) is 3.05. The first-order valence-corrected chi connectivity index (χ1v) is 9.28. The summed E-state index contributed by atoms with van der Waals surface area (Å²) in [5.41, 5.74) is 5.26. The number of nitrogens with zero attached hydrogens (tertiary/aromatic N) is 3. The predicted octanol–water partition coefficient (Wildman–Crippen LogP) is 4.02. The molecule has 1 N–H and O–H groups in total. The smallest absolute Gasteiger partial charge is 0.251 e. The summed E-state index contributed by atoms with van der Waals surface area (Å²) in [6.07, 6.45) is 7.00. The van der Waals surface area contributed by atoms with Crippen molar-refractivity contribution in [3.8, 4) is 5.69 Å². The zero-order valence-electron chi connectivity index (χ0n) is 15.9. The van der Waals surface area contributed by atoms with E-state index in [0.717, 1.165) is 24.1 Å². The van der Waals surface area contributed by atoms with E-state index < -0.39 is 0 Å². The van der Waals surface area contributed by atoms with Gasteiger partial charge in [-0.1, -0.05) is 31.5 Å². The Hall–Kier alpha value is -2.95. The minimum absolute atomic E-state index is 0.0522. The molecule has 1 atom stereocenters. The van der Waals surface area contributed by atoms with E-state index in [1.807, 2.05) is 10.9 Å². The molecule has 0 aliphatic heterocycles. The number of aryl methyl sites for hydroxylation is 1. The molecule has 5 heteroatoms. The van der Waals surface area contributed by atoms with E-state index in [0.29, 0.717) is 5.56 Å². The molecule has 1 amide bonds. The van der Waals surface area contributed by atoms with Gasteiger partial charge in [0.2, 0.25) is 0 Å². The number of fused-ring (bicyclic) bond motifs is 1. The highest BCUT2D eigenvalue weighted by atomic mass is 16.1. The fourth-order valence-electron chi connectivity index (χ4n) is 3.82. The van der Waals surface area contributed by atoms with Gasteiger partial charge >= 0.3 is 0 Å². The summed E-state index contributed by atoms with van der Waals surface area (Å²) in [6, 6.07) is 11.8. The number of rotatable bonds is 3. The van der Waals surface area contributed by atoms with Gasteiger partial charge in [0.25, 0.3) is 5.91 Å². The second-order valence-electron chi connectivity index (χ2n) is 8.10. The lowest BCUT2D eigenvalue weighted by atomic mass is 9.74. The second-order valence-corrected chi connectivity index (χ2v) is 8.10. The lowest BCUT2D eigenvalue weighted by Crippen LogP contribution is -2.36. The Morgan fingerprint density at radius 2 is 1.85 bits per heavy atom. The molecule has 2 heterocycles. The van der Waals surface area contributed by atoms with E-state index in [4.69, 9.17) is 0 Å². The maximum atomic E-state index is 12.7. The number of hydrogen-bond acceptors (Lipinski definition) is 3. The van der Waals surface area contributed by atoms with Crippen LogP contribution in [-0.4, -0.2) is 20.7 Å². The highest BCUT2D eigenvalue weighted by Crippen LogP contribution is 2.41. The van der Waals surface area contributed by atoms with E-state index in [1.54, 1.807) is 24.5 Å². The largest absolute Gasteiger partial charge is 0.345 e. The van der Waals surface area contributed by atoms with Crippen molar-refractivity contribution >= 4 is 5.91 Å². The van der Waals surface area contributed by atoms with Crippen LogP contribution in [0.5, 0.6) is 0 Å². The van der Waals surface area contributed by atoms with Crippen LogP contribution in [0, 0.1) is 12.3 Å². The van der Waals surface area contributed by atoms with Gasteiger partial charge in [-0.3, -0.25) is 9.78 Å². The summed E-state index contributed by atoms with van der Waals surface area (Å²) < 4.78 is 2.02. The SMILES string of the molecule is Cc1ccc(-n2ncc3c2CC(C)(C)C[C@H]3NC(=O)c2ccncc2)cc1. The van der Waals surface area contributed by atoms with Crippen molar-refractivity contribution in [3.63, 3.8) is 0 Å². The van der Waals surface area contributed by atoms with Crippen LogP contribution in [0.1, 0.15) is 53.5 Å². The summed E-state index contributed by atoms with van der Waals surface area (Å²) in [7, 11) is 0. The second kappa shape index (κ2) is 6.65. The van der Waals surface area contributed by atoms with Crippen molar-refractivity contribution < 1.29 is 4.79 Å². The van der Waals surface area contributed by atoms with Crippen molar-refractivity contribution in [1.29, 1.82) is 0 Å². The maximum absolute atomic E-state index is 12.7. The number of carbonyl (C=O) groups is 1. The fourth-order valence-corrected chi connectivity index (χ4v) is 3.82. The molecule has 5 nitrogen and oxygen atoms in total. The number of carbonyl (C=O) groups excluding carboxylic acids is 1. The molecule has 2 aromatic heterocycles. The van der Waals surface area contributed by atoms with Crippen molar-refractivity contribution in [3.05, 3.63) is 77.4 Å². The average molecular weight is 360 g/mol. The van der Waals surface area contributed by atoms with Crippen LogP contribution in [0.4, 0.5) is 0 Å². The van der Waals surface area contributed by atoms with Gasteiger partial charge in [0, 0.05) is 23.5 Å². The third kappa shape index (κ3) is 3.50. The molecular weight excluding hydrogens is 336 g/mol. The molecule has 4 rings (SSSR count). The minimum atomic E-state index is -0.0749. The Morgan fingerprint density at radius 3 is 2.56 bits per heavy atom. The third-order valence-electron chi connectivity index (χ3n) is 5.21. The van der Waals surface area contributed by atoms with Crippen LogP contribution in [0.3, 0.4) is 0 Å². The molecular formula is C22H24N4O. The van der Waals surface area contributed by atoms with E-state index in [1.165, 1.54) is 11.3 Å². The van der Waals surface area contributed by atoms with Gasteiger partial charge in [-0.05, 0) is 49.4 Å². The molecule has 3 aromatic rings. The highest BCUT2D eigenvalue weighted by molar-refractivity contribution is 5.94. The number of hydrogen-bond donors (Lipinski definition) is 1. The minimum Gasteiger partial charge on any atom is -0.345 e. The Labute approximate surface area is 159 Å². The van der Waals surface area contributed by atoms with Gasteiger partial charge in [-0.25, -0.2) is 4.68 Å². The summed E-state index contributed by atoms with van der Waals surface area (Å²) in [5.74, 6) is -0.0749. The van der Waals surface area contributed by atoms with Crippen LogP contribution in [0.15, 0.2) is 55.0 Å². The third-order valence-corrected chi connectivity index (χ3v) is 5.21. The summed E-state index contributed by atoms with van der Waals surface area (Å²) in [4.78, 5) is 16.7. The monoisotopic (exact) mass is 360 g/mol. The number of benzene rings is 1. The summed E-state index contributed by atoms with van der Waals surface area (Å²) >= 11 is 0. The summed E-state index contributed by atoms with van der Waals surface area (Å²) in [6.45, 7) is 6.57. The van der Waals surface area contributed by atoms with Gasteiger partial charge < -0.3 is 5.32 Å². The quantitative estimate of drug-likeness (QED) is 0.767. The van der Waals surface area contributed by atoms with Gasteiger partial charge in [0.1, 0.15) is 0 Å². The van der Waals surface area contributed by atoms with E-state index in [2.05, 4.69) is 60.4 Å². The number of nitrogens with one attached hydrogen (secondary N) is 1. The van der Waals surface area contributed by atoms with Crippen LogP contribution in [-0.2, 0) is 6.42 Å². The van der Waals surface area contributed by atoms with Crippen LogP contribution in [0.2, 0.25) is 0 Å². The Morgan fingerprint density at radius 1 is 1.15 bits per heavy atom. The molecule has 0 unspecified atom stereocenters. The Balaban J connectivity index is 1.68. The normalized spacial score (nSPS) is 18.0. The lowest BCUT2D eigenvalue weighted by Gasteiger charge is -2.36. The van der Waals surface area contributed by atoms with Gasteiger partial charge in [0.15, 0.2) is 0 Å². The molecule has 0 spiro atoms. The van der Waals surface area contributed by atoms with Gasteiger partial charge in [-0.2, -0.15) is 5.10 Å². The van der Waals surface area contributed by atoms with E-state index in [-0.39, 0.29) is 17.4 Å². The topological polar surface area (TPSA) is 59.8 Å². The molecule has 1 aliphatic carbocycles. The molecule has 0 saturated carbocycles. The number of pyridine rings is 1. The first kappa shape index (κ1) is 17.5. The van der Waals surface area contributed by atoms with Crippen molar-refractivity contribution in [1.82, 2.24) is 20.1 Å². The van der Waals surface area contributed by atoms with Crippen molar-refractivity contribution in [2.45, 2.75) is 39.7 Å². The highest BCUT2D eigenvalue weighted by Gasteiger charge is 2.36.